The summed E-state index contributed by atoms with van der Waals surface area (Å²) in [6.45, 7) is 6.23. The van der Waals surface area contributed by atoms with Crippen LogP contribution >= 0.6 is 11.8 Å². The van der Waals surface area contributed by atoms with Gasteiger partial charge in [0.05, 0.1) is 0 Å². The van der Waals surface area contributed by atoms with Gasteiger partial charge in [-0.15, -0.1) is 0 Å². The number of rotatable bonds is 7. The van der Waals surface area contributed by atoms with Crippen LogP contribution in [0.5, 0.6) is 0 Å². The van der Waals surface area contributed by atoms with Gasteiger partial charge in [0.2, 0.25) is 0 Å². The van der Waals surface area contributed by atoms with Crippen molar-refractivity contribution in [2.75, 3.05) is 11.5 Å². The summed E-state index contributed by atoms with van der Waals surface area (Å²) in [5.74, 6) is 0.675. The van der Waals surface area contributed by atoms with Crippen LogP contribution in [0.1, 0.15) is 38.8 Å². The van der Waals surface area contributed by atoms with Crippen molar-refractivity contribution >= 4 is 11.8 Å². The summed E-state index contributed by atoms with van der Waals surface area (Å²) in [6.07, 6.45) is 1.08. The van der Waals surface area contributed by atoms with Crippen LogP contribution in [-0.4, -0.2) is 17.5 Å². The van der Waals surface area contributed by atoms with E-state index in [9.17, 15) is 8.78 Å². The smallest absolute Gasteiger partial charge is 0.159 e. The minimum Gasteiger partial charge on any atom is -0.308 e. The van der Waals surface area contributed by atoms with Crippen molar-refractivity contribution in [3.63, 3.8) is 0 Å². The minimum atomic E-state index is -0.793. The van der Waals surface area contributed by atoms with Crippen molar-refractivity contribution < 1.29 is 8.78 Å². The van der Waals surface area contributed by atoms with Gasteiger partial charge in [-0.1, -0.05) is 13.0 Å². The highest BCUT2D eigenvalue weighted by molar-refractivity contribution is 7.99. The molecule has 0 aromatic heterocycles. The van der Waals surface area contributed by atoms with Crippen LogP contribution in [0.25, 0.3) is 0 Å². The Labute approximate surface area is 112 Å². The van der Waals surface area contributed by atoms with Gasteiger partial charge in [-0.05, 0) is 49.5 Å². The number of hydrogen-bond donors (Lipinski definition) is 1. The van der Waals surface area contributed by atoms with E-state index in [-0.39, 0.29) is 6.04 Å². The molecular formula is C14H21F2NS. The summed E-state index contributed by atoms with van der Waals surface area (Å²) >= 11 is 1.91. The fourth-order valence-electron chi connectivity index (χ4n) is 1.79. The maximum Gasteiger partial charge on any atom is 0.159 e. The van der Waals surface area contributed by atoms with E-state index in [1.54, 1.807) is 6.07 Å². The van der Waals surface area contributed by atoms with Crippen molar-refractivity contribution in [2.24, 2.45) is 0 Å². The average molecular weight is 273 g/mol. The Morgan fingerprint density at radius 2 is 1.94 bits per heavy atom. The number of benzene rings is 1. The molecule has 0 amide bonds. The molecule has 1 aromatic carbocycles. The van der Waals surface area contributed by atoms with Crippen molar-refractivity contribution in [1.29, 1.82) is 0 Å². The molecule has 0 fully saturated rings. The van der Waals surface area contributed by atoms with Gasteiger partial charge in [0.25, 0.3) is 0 Å². The Morgan fingerprint density at radius 1 is 1.22 bits per heavy atom. The van der Waals surface area contributed by atoms with Gasteiger partial charge in [-0.25, -0.2) is 8.78 Å². The third-order valence-electron chi connectivity index (χ3n) is 2.88. The molecule has 2 unspecified atom stereocenters. The SMILES string of the molecule is CCSCCC(C)NC(C)c1ccc(F)c(F)c1. The van der Waals surface area contributed by atoms with Crippen LogP contribution in [0.3, 0.4) is 0 Å². The Morgan fingerprint density at radius 3 is 2.56 bits per heavy atom. The van der Waals surface area contributed by atoms with Crippen LogP contribution in [0.4, 0.5) is 8.78 Å². The Balaban J connectivity index is 2.48. The normalized spacial score (nSPS) is 14.5. The van der Waals surface area contributed by atoms with Crippen LogP contribution in [-0.2, 0) is 0 Å². The van der Waals surface area contributed by atoms with E-state index < -0.39 is 11.6 Å². The molecule has 1 rings (SSSR count). The number of thioether (sulfide) groups is 1. The summed E-state index contributed by atoms with van der Waals surface area (Å²) in [7, 11) is 0. The van der Waals surface area contributed by atoms with Gasteiger partial charge in [0.1, 0.15) is 0 Å². The van der Waals surface area contributed by atoms with Crippen LogP contribution < -0.4 is 5.32 Å². The topological polar surface area (TPSA) is 12.0 Å². The standard InChI is InChI=1S/C14H21F2NS/c1-4-18-8-7-10(2)17-11(3)12-5-6-13(15)14(16)9-12/h5-6,9-11,17H,4,7-8H2,1-3H3. The van der Waals surface area contributed by atoms with Gasteiger partial charge in [0.15, 0.2) is 11.6 Å². The first-order valence-electron chi connectivity index (χ1n) is 6.33. The summed E-state index contributed by atoms with van der Waals surface area (Å²) < 4.78 is 26.0. The molecule has 0 saturated carbocycles. The molecule has 0 aliphatic carbocycles. The highest BCUT2D eigenvalue weighted by Crippen LogP contribution is 2.17. The average Bonchev–Trinajstić information content (AvgIpc) is 2.33. The molecule has 18 heavy (non-hydrogen) atoms. The fraction of sp³-hybridized carbons (Fsp3) is 0.571. The minimum absolute atomic E-state index is 0.0294. The maximum absolute atomic E-state index is 13.1. The third kappa shape index (κ3) is 4.94. The van der Waals surface area contributed by atoms with Crippen LogP contribution in [0.15, 0.2) is 18.2 Å². The van der Waals surface area contributed by atoms with Gasteiger partial charge >= 0.3 is 0 Å². The molecule has 1 N–H and O–H groups in total. The predicted molar refractivity (Wildman–Crippen MR) is 75.0 cm³/mol. The second kappa shape index (κ2) is 7.74. The monoisotopic (exact) mass is 273 g/mol. The molecule has 0 heterocycles. The van der Waals surface area contributed by atoms with Crippen molar-refractivity contribution in [1.82, 2.24) is 5.32 Å². The highest BCUT2D eigenvalue weighted by Gasteiger charge is 2.11. The number of halogens is 2. The van der Waals surface area contributed by atoms with Gasteiger partial charge in [-0.2, -0.15) is 11.8 Å². The molecule has 0 aliphatic heterocycles. The molecule has 0 spiro atoms. The number of hydrogen-bond acceptors (Lipinski definition) is 2. The second-order valence-corrected chi connectivity index (χ2v) is 5.84. The zero-order valence-electron chi connectivity index (χ0n) is 11.2. The van der Waals surface area contributed by atoms with Crippen molar-refractivity contribution in [3.8, 4) is 0 Å². The lowest BCUT2D eigenvalue weighted by atomic mass is 10.1. The Bertz CT molecular complexity index is 371. The lowest BCUT2D eigenvalue weighted by molar-refractivity contribution is 0.464. The summed E-state index contributed by atoms with van der Waals surface area (Å²) in [5.41, 5.74) is 0.781. The van der Waals surface area contributed by atoms with E-state index in [0.717, 1.165) is 23.5 Å². The zero-order chi connectivity index (χ0) is 13.5. The van der Waals surface area contributed by atoms with Gasteiger partial charge < -0.3 is 5.32 Å². The summed E-state index contributed by atoms with van der Waals surface area (Å²) in [4.78, 5) is 0. The van der Waals surface area contributed by atoms with E-state index in [0.29, 0.717) is 6.04 Å². The molecule has 2 atom stereocenters. The van der Waals surface area contributed by atoms with E-state index in [2.05, 4.69) is 19.2 Å². The molecule has 4 heteroatoms. The van der Waals surface area contributed by atoms with Crippen LogP contribution in [0.2, 0.25) is 0 Å². The second-order valence-electron chi connectivity index (χ2n) is 4.45. The highest BCUT2D eigenvalue weighted by atomic mass is 32.2. The largest absolute Gasteiger partial charge is 0.308 e. The molecule has 102 valence electrons. The molecule has 1 nitrogen and oxygen atoms in total. The molecular weight excluding hydrogens is 252 g/mol. The van der Waals surface area contributed by atoms with Gasteiger partial charge in [0, 0.05) is 12.1 Å². The Hall–Kier alpha value is -0.610. The molecule has 0 aliphatic rings. The molecule has 0 radical (unpaired) electrons. The zero-order valence-corrected chi connectivity index (χ0v) is 12.0. The quantitative estimate of drug-likeness (QED) is 0.749. The fourth-order valence-corrected chi connectivity index (χ4v) is 2.60. The lowest BCUT2D eigenvalue weighted by Crippen LogP contribution is -2.29. The van der Waals surface area contributed by atoms with E-state index in [1.807, 2.05) is 18.7 Å². The summed E-state index contributed by atoms with van der Waals surface area (Å²) in [5, 5.41) is 3.40. The first-order valence-corrected chi connectivity index (χ1v) is 7.48. The molecule has 0 saturated heterocycles. The lowest BCUT2D eigenvalue weighted by Gasteiger charge is -2.20. The van der Waals surface area contributed by atoms with Gasteiger partial charge in [-0.3, -0.25) is 0 Å². The van der Waals surface area contributed by atoms with Crippen LogP contribution in [0, 0.1) is 11.6 Å². The van der Waals surface area contributed by atoms with E-state index >= 15 is 0 Å². The molecule has 1 aromatic rings. The van der Waals surface area contributed by atoms with Crippen molar-refractivity contribution in [3.05, 3.63) is 35.4 Å². The van der Waals surface area contributed by atoms with Crippen molar-refractivity contribution in [2.45, 2.75) is 39.3 Å². The Kier molecular flexibility index (Phi) is 6.65. The maximum atomic E-state index is 13.1. The first kappa shape index (κ1) is 15.4. The first-order chi connectivity index (χ1) is 8.54. The van der Waals surface area contributed by atoms with E-state index in [4.69, 9.17) is 0 Å². The third-order valence-corrected chi connectivity index (χ3v) is 3.81. The summed E-state index contributed by atoms with van der Waals surface area (Å²) in [6, 6.07) is 4.47. The number of nitrogens with one attached hydrogen (secondary N) is 1. The predicted octanol–water partition coefficient (Wildman–Crippen LogP) is 4.15. The molecule has 0 bridgehead atoms. The van der Waals surface area contributed by atoms with E-state index in [1.165, 1.54) is 12.1 Å².